The monoisotopic (exact) mass is 291 g/mol. The van der Waals surface area contributed by atoms with Gasteiger partial charge in [-0.1, -0.05) is 12.1 Å². The summed E-state index contributed by atoms with van der Waals surface area (Å²) in [5.74, 6) is -0.0929. The van der Waals surface area contributed by atoms with Crippen molar-refractivity contribution >= 4 is 5.69 Å². The predicted molar refractivity (Wildman–Crippen MR) is 74.6 cm³/mol. The summed E-state index contributed by atoms with van der Waals surface area (Å²) in [6.45, 7) is 0.116. The molecule has 0 saturated carbocycles. The molecule has 0 heterocycles. The van der Waals surface area contributed by atoms with Crippen LogP contribution in [-0.2, 0) is 13.0 Å². The largest absolute Gasteiger partial charge is 0.489 e. The number of hydrogen-bond acceptors (Lipinski definition) is 4. The molecule has 0 aliphatic carbocycles. The Balaban J connectivity index is 2.04. The standard InChI is InChI=1S/C15H14FNO4/c16-13-7-12(8-14(9-13)17(19)20)10-21-15-3-1-11(2-4-15)5-6-18/h1-4,7-9,18H,5-6,10H2. The zero-order valence-corrected chi connectivity index (χ0v) is 11.2. The van der Waals surface area contributed by atoms with E-state index in [0.717, 1.165) is 11.6 Å². The number of rotatable bonds is 6. The van der Waals surface area contributed by atoms with Crippen molar-refractivity contribution in [3.05, 3.63) is 69.5 Å². The zero-order valence-electron chi connectivity index (χ0n) is 11.2. The van der Waals surface area contributed by atoms with Gasteiger partial charge in [0.15, 0.2) is 0 Å². The van der Waals surface area contributed by atoms with E-state index in [4.69, 9.17) is 9.84 Å². The summed E-state index contributed by atoms with van der Waals surface area (Å²) in [5.41, 5.74) is 1.07. The second kappa shape index (κ2) is 6.81. The average Bonchev–Trinajstić information content (AvgIpc) is 2.46. The molecule has 0 atom stereocenters. The third-order valence-electron chi connectivity index (χ3n) is 2.88. The van der Waals surface area contributed by atoms with E-state index in [0.29, 0.717) is 17.7 Å². The van der Waals surface area contributed by atoms with E-state index in [2.05, 4.69) is 0 Å². The third kappa shape index (κ3) is 4.25. The molecular weight excluding hydrogens is 277 g/mol. The fourth-order valence-corrected chi connectivity index (χ4v) is 1.87. The van der Waals surface area contributed by atoms with Gasteiger partial charge in [0, 0.05) is 12.7 Å². The lowest BCUT2D eigenvalue weighted by Gasteiger charge is -2.07. The SMILES string of the molecule is O=[N+]([O-])c1cc(F)cc(COc2ccc(CCO)cc2)c1. The summed E-state index contributed by atoms with van der Waals surface area (Å²) in [6.07, 6.45) is 0.566. The summed E-state index contributed by atoms with van der Waals surface area (Å²) < 4.78 is 18.7. The topological polar surface area (TPSA) is 72.6 Å². The summed E-state index contributed by atoms with van der Waals surface area (Å²) in [4.78, 5) is 10.0. The average molecular weight is 291 g/mol. The molecular formula is C15H14FNO4. The Morgan fingerprint density at radius 1 is 1.14 bits per heavy atom. The highest BCUT2D eigenvalue weighted by Crippen LogP contribution is 2.19. The van der Waals surface area contributed by atoms with E-state index < -0.39 is 10.7 Å². The number of ether oxygens (including phenoxy) is 1. The lowest BCUT2D eigenvalue weighted by molar-refractivity contribution is -0.385. The molecule has 110 valence electrons. The maximum atomic E-state index is 13.3. The lowest BCUT2D eigenvalue weighted by Crippen LogP contribution is -1.98. The Morgan fingerprint density at radius 2 is 1.86 bits per heavy atom. The minimum atomic E-state index is -0.666. The van der Waals surface area contributed by atoms with Gasteiger partial charge in [0.2, 0.25) is 0 Å². The van der Waals surface area contributed by atoms with E-state index in [-0.39, 0.29) is 18.9 Å². The minimum Gasteiger partial charge on any atom is -0.489 e. The molecule has 21 heavy (non-hydrogen) atoms. The van der Waals surface area contributed by atoms with Crippen LogP contribution in [0.25, 0.3) is 0 Å². The summed E-state index contributed by atoms with van der Waals surface area (Å²) in [7, 11) is 0. The Bertz CT molecular complexity index is 628. The molecule has 0 aliphatic rings. The Morgan fingerprint density at radius 3 is 2.48 bits per heavy atom. The number of nitrogens with zero attached hydrogens (tertiary/aromatic N) is 1. The van der Waals surface area contributed by atoms with Gasteiger partial charge >= 0.3 is 0 Å². The number of aliphatic hydroxyl groups excluding tert-OH is 1. The van der Waals surface area contributed by atoms with Crippen molar-refractivity contribution in [1.29, 1.82) is 0 Å². The van der Waals surface area contributed by atoms with Crippen molar-refractivity contribution in [2.45, 2.75) is 13.0 Å². The maximum absolute atomic E-state index is 13.3. The number of hydrogen-bond donors (Lipinski definition) is 1. The van der Waals surface area contributed by atoms with Crippen molar-refractivity contribution in [2.24, 2.45) is 0 Å². The second-order valence-corrected chi connectivity index (χ2v) is 4.48. The zero-order chi connectivity index (χ0) is 15.2. The number of non-ortho nitro benzene ring substituents is 1. The number of benzene rings is 2. The van der Waals surface area contributed by atoms with Crippen LogP contribution >= 0.6 is 0 Å². The maximum Gasteiger partial charge on any atom is 0.272 e. The first kappa shape index (κ1) is 14.9. The fourth-order valence-electron chi connectivity index (χ4n) is 1.87. The molecule has 0 bridgehead atoms. The normalized spacial score (nSPS) is 10.4. The van der Waals surface area contributed by atoms with E-state index in [1.165, 1.54) is 12.1 Å². The van der Waals surface area contributed by atoms with Crippen LogP contribution < -0.4 is 4.74 Å². The van der Waals surface area contributed by atoms with Crippen LogP contribution in [0.4, 0.5) is 10.1 Å². The van der Waals surface area contributed by atoms with Crippen LogP contribution in [0, 0.1) is 15.9 Å². The van der Waals surface area contributed by atoms with Crippen molar-refractivity contribution in [1.82, 2.24) is 0 Å². The molecule has 0 aromatic heterocycles. The van der Waals surface area contributed by atoms with Crippen LogP contribution in [0.15, 0.2) is 42.5 Å². The minimum absolute atomic E-state index is 0.0396. The van der Waals surface area contributed by atoms with Gasteiger partial charge < -0.3 is 9.84 Å². The number of nitro groups is 1. The number of aliphatic hydroxyl groups is 1. The molecule has 6 heteroatoms. The van der Waals surface area contributed by atoms with Gasteiger partial charge in [-0.2, -0.15) is 0 Å². The molecule has 0 fully saturated rings. The molecule has 1 N–H and O–H groups in total. The van der Waals surface area contributed by atoms with Crippen LogP contribution in [0.5, 0.6) is 5.75 Å². The van der Waals surface area contributed by atoms with Gasteiger partial charge in [-0.05, 0) is 35.7 Å². The highest BCUT2D eigenvalue weighted by atomic mass is 19.1. The molecule has 2 aromatic carbocycles. The van der Waals surface area contributed by atoms with Gasteiger partial charge in [-0.3, -0.25) is 10.1 Å². The smallest absolute Gasteiger partial charge is 0.272 e. The van der Waals surface area contributed by atoms with Crippen LogP contribution in [0.2, 0.25) is 0 Å². The van der Waals surface area contributed by atoms with E-state index in [1.54, 1.807) is 12.1 Å². The predicted octanol–water partition coefficient (Wildman–Crippen LogP) is 2.85. The Kier molecular flexibility index (Phi) is 4.84. The third-order valence-corrected chi connectivity index (χ3v) is 2.88. The van der Waals surface area contributed by atoms with E-state index in [1.807, 2.05) is 12.1 Å². The molecule has 2 rings (SSSR count). The van der Waals surface area contributed by atoms with Crippen molar-refractivity contribution in [3.8, 4) is 5.75 Å². The van der Waals surface area contributed by atoms with E-state index in [9.17, 15) is 14.5 Å². The lowest BCUT2D eigenvalue weighted by atomic mass is 10.1. The van der Waals surface area contributed by atoms with Gasteiger partial charge in [-0.25, -0.2) is 4.39 Å². The van der Waals surface area contributed by atoms with Gasteiger partial charge in [-0.15, -0.1) is 0 Å². The molecule has 0 amide bonds. The van der Waals surface area contributed by atoms with Crippen LogP contribution in [-0.4, -0.2) is 16.6 Å². The van der Waals surface area contributed by atoms with Crippen molar-refractivity contribution in [2.75, 3.05) is 6.61 Å². The summed E-state index contributed by atoms with van der Waals surface area (Å²) in [6, 6.07) is 10.5. The fraction of sp³-hybridized carbons (Fsp3) is 0.200. The van der Waals surface area contributed by atoms with Gasteiger partial charge in [0.25, 0.3) is 5.69 Å². The first-order chi connectivity index (χ1) is 10.1. The Hall–Kier alpha value is -2.47. The van der Waals surface area contributed by atoms with E-state index >= 15 is 0 Å². The molecule has 2 aromatic rings. The van der Waals surface area contributed by atoms with Crippen LogP contribution in [0.3, 0.4) is 0 Å². The molecule has 0 aliphatic heterocycles. The molecule has 0 saturated heterocycles. The number of halogens is 1. The van der Waals surface area contributed by atoms with Crippen LogP contribution in [0.1, 0.15) is 11.1 Å². The molecule has 0 unspecified atom stereocenters. The summed E-state index contributed by atoms with van der Waals surface area (Å²) in [5, 5.41) is 19.5. The van der Waals surface area contributed by atoms with Crippen molar-refractivity contribution < 1.29 is 19.2 Å². The van der Waals surface area contributed by atoms with Crippen molar-refractivity contribution in [3.63, 3.8) is 0 Å². The highest BCUT2D eigenvalue weighted by molar-refractivity contribution is 5.35. The Labute approximate surface area is 120 Å². The first-order valence-electron chi connectivity index (χ1n) is 6.35. The van der Waals surface area contributed by atoms with Gasteiger partial charge in [0.05, 0.1) is 11.0 Å². The molecule has 5 nitrogen and oxygen atoms in total. The quantitative estimate of drug-likeness (QED) is 0.656. The summed E-state index contributed by atoms with van der Waals surface area (Å²) >= 11 is 0. The highest BCUT2D eigenvalue weighted by Gasteiger charge is 2.10. The first-order valence-corrected chi connectivity index (χ1v) is 6.35. The molecule has 0 spiro atoms. The molecule has 0 radical (unpaired) electrons. The number of nitro benzene ring substituents is 1. The second-order valence-electron chi connectivity index (χ2n) is 4.48. The van der Waals surface area contributed by atoms with Gasteiger partial charge in [0.1, 0.15) is 18.2 Å².